The van der Waals surface area contributed by atoms with Crippen LogP contribution in [0.2, 0.25) is 0 Å². The maximum Gasteiger partial charge on any atom is 0.280 e. The van der Waals surface area contributed by atoms with Crippen molar-refractivity contribution >= 4 is 17.1 Å². The molecule has 0 saturated carbocycles. The van der Waals surface area contributed by atoms with E-state index in [4.69, 9.17) is 10.5 Å². The van der Waals surface area contributed by atoms with Crippen LogP contribution in [0, 0.1) is 0 Å². The number of hydrogen-bond acceptors (Lipinski definition) is 8. The third kappa shape index (κ3) is 1.86. The summed E-state index contributed by atoms with van der Waals surface area (Å²) in [4.78, 5) is 22.2. The minimum Gasteiger partial charge on any atom is -0.393 e. The molecule has 23 heavy (non-hydrogen) atoms. The van der Waals surface area contributed by atoms with Gasteiger partial charge in [0.15, 0.2) is 17.4 Å². The first-order valence-corrected chi connectivity index (χ1v) is 7.01. The number of anilines is 1. The van der Waals surface area contributed by atoms with E-state index >= 15 is 0 Å². The van der Waals surface area contributed by atoms with Crippen LogP contribution in [0.5, 0.6) is 0 Å². The van der Waals surface area contributed by atoms with Crippen molar-refractivity contribution in [3.63, 3.8) is 0 Å². The van der Waals surface area contributed by atoms with Gasteiger partial charge < -0.3 is 25.8 Å². The summed E-state index contributed by atoms with van der Waals surface area (Å²) in [6.07, 6.45) is 0.137. The monoisotopic (exact) mass is 325 g/mol. The summed E-state index contributed by atoms with van der Waals surface area (Å²) in [6.45, 7) is 3.71. The first-order chi connectivity index (χ1) is 10.5. The van der Waals surface area contributed by atoms with Gasteiger partial charge in [-0.25, -0.2) is 4.98 Å². The summed E-state index contributed by atoms with van der Waals surface area (Å²) in [5.74, 6) is -0.112. The second-order valence-electron chi connectivity index (χ2n) is 6.35. The highest BCUT2D eigenvalue weighted by Crippen LogP contribution is 2.51. The van der Waals surface area contributed by atoms with E-state index in [1.165, 1.54) is 31.7 Å². The van der Waals surface area contributed by atoms with Crippen molar-refractivity contribution in [2.75, 3.05) is 12.3 Å². The molecule has 0 amide bonds. The fourth-order valence-electron chi connectivity index (χ4n) is 2.89. The van der Waals surface area contributed by atoms with Crippen molar-refractivity contribution in [2.24, 2.45) is 0 Å². The Hall–Kier alpha value is -2.01. The number of hydrogen-bond donors (Lipinski definition) is 5. The summed E-state index contributed by atoms with van der Waals surface area (Å²) in [5, 5.41) is 31.1. The van der Waals surface area contributed by atoms with E-state index in [9.17, 15) is 20.1 Å². The molecule has 1 aliphatic heterocycles. The molecule has 10 nitrogen and oxygen atoms in total. The van der Waals surface area contributed by atoms with Crippen molar-refractivity contribution in [2.45, 2.75) is 43.8 Å². The normalized spacial score (nSPS) is 37.6. The smallest absolute Gasteiger partial charge is 0.280 e. The molecular weight excluding hydrogens is 306 g/mol. The van der Waals surface area contributed by atoms with Gasteiger partial charge in [0, 0.05) is 0 Å². The third-order valence-corrected chi connectivity index (χ3v) is 4.87. The van der Waals surface area contributed by atoms with Crippen molar-refractivity contribution < 1.29 is 20.1 Å². The Bertz CT molecular complexity index is 826. The van der Waals surface area contributed by atoms with Crippen molar-refractivity contribution in [3.8, 4) is 0 Å². The van der Waals surface area contributed by atoms with Crippen molar-refractivity contribution in [1.29, 1.82) is 0 Å². The van der Waals surface area contributed by atoms with Gasteiger partial charge in [-0.2, -0.15) is 4.98 Å². The van der Waals surface area contributed by atoms with E-state index in [1.807, 2.05) is 0 Å². The SMILES string of the molecule is CC1(CO)OC(n2cnc3c(=O)[nH]c(N)nc32)C(C)(O)C1(C)O. The fraction of sp³-hybridized carbons (Fsp3) is 0.615. The van der Waals surface area contributed by atoms with Crippen LogP contribution >= 0.6 is 0 Å². The second kappa shape index (κ2) is 4.51. The zero-order valence-electron chi connectivity index (χ0n) is 12.9. The number of nitrogens with one attached hydrogen (secondary N) is 1. The molecule has 0 radical (unpaired) electrons. The average molecular weight is 325 g/mol. The summed E-state index contributed by atoms with van der Waals surface area (Å²) >= 11 is 0. The van der Waals surface area contributed by atoms with Crippen LogP contribution in [-0.4, -0.2) is 58.2 Å². The molecule has 4 atom stereocenters. The number of ether oxygens (including phenoxy) is 1. The van der Waals surface area contributed by atoms with Crippen molar-refractivity contribution in [3.05, 3.63) is 16.7 Å². The molecule has 0 aliphatic carbocycles. The fourth-order valence-corrected chi connectivity index (χ4v) is 2.89. The molecule has 1 fully saturated rings. The van der Waals surface area contributed by atoms with Gasteiger partial charge in [0.05, 0.1) is 12.9 Å². The molecule has 10 heteroatoms. The number of rotatable bonds is 2. The molecule has 0 bridgehead atoms. The van der Waals surface area contributed by atoms with Gasteiger partial charge in [0.1, 0.15) is 16.8 Å². The van der Waals surface area contributed by atoms with E-state index in [0.29, 0.717) is 0 Å². The van der Waals surface area contributed by atoms with Gasteiger partial charge in [-0.3, -0.25) is 14.3 Å². The average Bonchev–Trinajstić information content (AvgIpc) is 2.92. The lowest BCUT2D eigenvalue weighted by molar-refractivity contribution is -0.162. The highest BCUT2D eigenvalue weighted by molar-refractivity contribution is 5.70. The number of fused-ring (bicyclic) bond motifs is 1. The zero-order valence-corrected chi connectivity index (χ0v) is 12.9. The van der Waals surface area contributed by atoms with Crippen molar-refractivity contribution in [1.82, 2.24) is 19.5 Å². The molecule has 4 unspecified atom stereocenters. The predicted molar refractivity (Wildman–Crippen MR) is 79.4 cm³/mol. The third-order valence-electron chi connectivity index (χ3n) is 4.87. The lowest BCUT2D eigenvalue weighted by Gasteiger charge is -2.39. The molecule has 3 rings (SSSR count). The first kappa shape index (κ1) is 15.9. The number of nitrogens with two attached hydrogens (primary N) is 1. The number of imidazole rings is 1. The van der Waals surface area contributed by atoms with E-state index < -0.39 is 35.2 Å². The summed E-state index contributed by atoms with van der Waals surface area (Å²) in [5.41, 5.74) is 0.158. The van der Waals surface area contributed by atoms with E-state index in [2.05, 4.69) is 15.0 Å². The Labute approximate surface area is 130 Å². The number of nitrogen functional groups attached to an aromatic ring is 1. The van der Waals surface area contributed by atoms with Crippen LogP contribution in [0.4, 0.5) is 5.95 Å². The molecule has 126 valence electrons. The topological polar surface area (TPSA) is 160 Å². The number of aromatic nitrogens is 4. The number of H-pyrrole nitrogens is 1. The van der Waals surface area contributed by atoms with Crippen LogP contribution in [-0.2, 0) is 4.74 Å². The molecule has 2 aromatic rings. The molecule has 1 aliphatic rings. The van der Waals surface area contributed by atoms with E-state index in [1.54, 1.807) is 0 Å². The van der Waals surface area contributed by atoms with Gasteiger partial charge in [-0.15, -0.1) is 0 Å². The van der Waals surface area contributed by atoms with Crippen LogP contribution in [0.3, 0.4) is 0 Å². The number of aliphatic hydroxyl groups is 3. The number of nitrogens with zero attached hydrogens (tertiary/aromatic N) is 3. The molecule has 0 spiro atoms. The molecule has 1 saturated heterocycles. The van der Waals surface area contributed by atoms with Crippen LogP contribution in [0.1, 0.15) is 27.0 Å². The maximum absolute atomic E-state index is 11.9. The Morgan fingerprint density at radius 1 is 1.43 bits per heavy atom. The molecule has 0 aromatic carbocycles. The largest absolute Gasteiger partial charge is 0.393 e. The number of aliphatic hydroxyl groups excluding tert-OH is 1. The first-order valence-electron chi connectivity index (χ1n) is 7.01. The zero-order chi connectivity index (χ0) is 17.2. The van der Waals surface area contributed by atoms with Gasteiger partial charge in [-0.1, -0.05) is 0 Å². The Morgan fingerprint density at radius 3 is 2.65 bits per heavy atom. The van der Waals surface area contributed by atoms with Crippen LogP contribution < -0.4 is 11.3 Å². The highest BCUT2D eigenvalue weighted by Gasteiger charge is 2.67. The minimum atomic E-state index is -1.79. The standard InChI is InChI=1S/C13H19N5O5/c1-11(4-19)13(3,22)12(2,21)9(23-11)18-5-15-6-7(18)16-10(14)17-8(6)20/h5,9,19,21-22H,4H2,1-3H3,(H3,14,16,17,20). The van der Waals surface area contributed by atoms with Gasteiger partial charge in [0.2, 0.25) is 5.95 Å². The van der Waals surface area contributed by atoms with Crippen LogP contribution in [0.25, 0.3) is 11.2 Å². The minimum absolute atomic E-state index is 0.0239. The molecular formula is C13H19N5O5. The molecule has 6 N–H and O–H groups in total. The van der Waals surface area contributed by atoms with E-state index in [-0.39, 0.29) is 17.1 Å². The summed E-state index contributed by atoms with van der Waals surface area (Å²) in [7, 11) is 0. The molecule has 2 aromatic heterocycles. The highest BCUT2D eigenvalue weighted by atomic mass is 16.6. The van der Waals surface area contributed by atoms with Gasteiger partial charge >= 0.3 is 0 Å². The number of aromatic amines is 1. The Morgan fingerprint density at radius 2 is 2.09 bits per heavy atom. The quantitative estimate of drug-likeness (QED) is 0.445. The van der Waals surface area contributed by atoms with Gasteiger partial charge in [-0.05, 0) is 20.8 Å². The lowest BCUT2D eigenvalue weighted by Crippen LogP contribution is -2.60. The van der Waals surface area contributed by atoms with Gasteiger partial charge in [0.25, 0.3) is 5.56 Å². The molecule has 3 heterocycles. The summed E-state index contributed by atoms with van der Waals surface area (Å²) < 4.78 is 7.06. The summed E-state index contributed by atoms with van der Waals surface area (Å²) in [6, 6.07) is 0. The maximum atomic E-state index is 11.9. The Balaban J connectivity index is 2.22. The second-order valence-corrected chi connectivity index (χ2v) is 6.35. The van der Waals surface area contributed by atoms with Crippen LogP contribution in [0.15, 0.2) is 11.1 Å². The lowest BCUT2D eigenvalue weighted by atomic mass is 9.76. The Kier molecular flexibility index (Phi) is 3.11. The predicted octanol–water partition coefficient (Wildman–Crippen LogP) is -1.52. The van der Waals surface area contributed by atoms with E-state index in [0.717, 1.165) is 0 Å².